The second-order valence-electron chi connectivity index (χ2n) is 7.45. The van der Waals surface area contributed by atoms with E-state index in [0.717, 1.165) is 16.8 Å². The van der Waals surface area contributed by atoms with Crippen LogP contribution in [0.15, 0.2) is 41.6 Å². The van der Waals surface area contributed by atoms with Crippen molar-refractivity contribution in [3.05, 3.63) is 47.5 Å². The molecule has 0 aromatic heterocycles. The van der Waals surface area contributed by atoms with Crippen LogP contribution in [0.3, 0.4) is 0 Å². The third-order valence-corrected chi connectivity index (χ3v) is 5.94. The smallest absolute Gasteiger partial charge is 0.161 e. The molecule has 0 spiro atoms. The molecule has 30 heavy (non-hydrogen) atoms. The Hall–Kier alpha value is -2.93. The van der Waals surface area contributed by atoms with Gasteiger partial charge in [0.2, 0.25) is 0 Å². The number of ether oxygens (including phenoxy) is 4. The van der Waals surface area contributed by atoms with Gasteiger partial charge in [-0.2, -0.15) is 0 Å². The molecule has 0 saturated carbocycles. The highest BCUT2D eigenvalue weighted by atomic mass is 16.5. The molecule has 7 heteroatoms. The van der Waals surface area contributed by atoms with Crippen molar-refractivity contribution in [1.82, 2.24) is 5.32 Å². The maximum Gasteiger partial charge on any atom is 0.161 e. The van der Waals surface area contributed by atoms with E-state index in [1.54, 1.807) is 28.4 Å². The van der Waals surface area contributed by atoms with E-state index in [0.29, 0.717) is 23.0 Å². The summed E-state index contributed by atoms with van der Waals surface area (Å²) in [7, 11) is 6.47. The number of nitrogens with one attached hydrogen (secondary N) is 1. The van der Waals surface area contributed by atoms with Gasteiger partial charge in [0.05, 0.1) is 34.2 Å². The Balaban J connectivity index is 2.03. The molecule has 0 radical (unpaired) electrons. The first-order valence-electron chi connectivity index (χ1n) is 9.90. The highest BCUT2D eigenvalue weighted by Crippen LogP contribution is 2.42. The average Bonchev–Trinajstić information content (AvgIpc) is 2.78. The van der Waals surface area contributed by atoms with Crippen LogP contribution in [0.4, 0.5) is 0 Å². The number of hydrogen-bond acceptors (Lipinski definition) is 7. The van der Waals surface area contributed by atoms with E-state index in [-0.39, 0.29) is 23.9 Å². The minimum atomic E-state index is -0.0787. The predicted molar refractivity (Wildman–Crippen MR) is 115 cm³/mol. The van der Waals surface area contributed by atoms with Gasteiger partial charge in [-0.05, 0) is 35.4 Å². The summed E-state index contributed by atoms with van der Waals surface area (Å²) in [6, 6.07) is 11.6. The van der Waals surface area contributed by atoms with E-state index < -0.39 is 0 Å². The predicted octanol–water partition coefficient (Wildman–Crippen LogP) is 4.21. The topological polar surface area (TPSA) is 81.5 Å². The van der Waals surface area contributed by atoms with Crippen LogP contribution in [0.2, 0.25) is 0 Å². The van der Waals surface area contributed by atoms with E-state index in [2.05, 4.69) is 24.3 Å². The second-order valence-corrected chi connectivity index (χ2v) is 7.45. The summed E-state index contributed by atoms with van der Waals surface area (Å²) < 4.78 is 21.7. The summed E-state index contributed by atoms with van der Waals surface area (Å²) in [5, 5.41) is 17.2. The summed E-state index contributed by atoms with van der Waals surface area (Å²) in [6.45, 7) is 4.12. The third kappa shape index (κ3) is 3.89. The lowest BCUT2D eigenvalue weighted by Gasteiger charge is -2.41. The summed E-state index contributed by atoms with van der Waals surface area (Å²) >= 11 is 0. The van der Waals surface area contributed by atoms with Gasteiger partial charge in [0.25, 0.3) is 0 Å². The van der Waals surface area contributed by atoms with Gasteiger partial charge in [0.1, 0.15) is 0 Å². The monoisotopic (exact) mass is 414 g/mol. The zero-order valence-corrected chi connectivity index (χ0v) is 18.3. The molecule has 162 valence electrons. The lowest BCUT2D eigenvalue weighted by Crippen LogP contribution is -2.46. The molecular weight excluding hydrogens is 384 g/mol. The van der Waals surface area contributed by atoms with Crippen molar-refractivity contribution < 1.29 is 24.2 Å². The van der Waals surface area contributed by atoms with E-state index >= 15 is 0 Å². The van der Waals surface area contributed by atoms with Crippen molar-refractivity contribution in [2.45, 2.75) is 25.9 Å². The molecule has 2 N–H and O–H groups in total. The molecule has 7 nitrogen and oxygen atoms in total. The number of oxime groups is 1. The van der Waals surface area contributed by atoms with Gasteiger partial charge >= 0.3 is 0 Å². The third-order valence-electron chi connectivity index (χ3n) is 5.94. The summed E-state index contributed by atoms with van der Waals surface area (Å²) in [5.41, 5.74) is 2.80. The van der Waals surface area contributed by atoms with E-state index in [1.807, 2.05) is 36.4 Å². The van der Waals surface area contributed by atoms with E-state index in [9.17, 15) is 5.21 Å². The fourth-order valence-electron chi connectivity index (χ4n) is 4.28. The Morgan fingerprint density at radius 3 is 1.43 bits per heavy atom. The molecule has 1 aliphatic heterocycles. The lowest BCUT2D eigenvalue weighted by molar-refractivity contribution is 0.270. The summed E-state index contributed by atoms with van der Waals surface area (Å²) in [6.07, 6.45) is 0. The van der Waals surface area contributed by atoms with Crippen LogP contribution in [0.25, 0.3) is 0 Å². The molecule has 2 aromatic rings. The molecule has 0 aliphatic carbocycles. The largest absolute Gasteiger partial charge is 0.493 e. The molecule has 0 bridgehead atoms. The van der Waals surface area contributed by atoms with Gasteiger partial charge in [0.15, 0.2) is 23.0 Å². The molecule has 1 saturated heterocycles. The highest BCUT2D eigenvalue weighted by molar-refractivity contribution is 5.90. The first-order chi connectivity index (χ1) is 14.5. The van der Waals surface area contributed by atoms with Crippen LogP contribution in [-0.4, -0.2) is 39.4 Å². The van der Waals surface area contributed by atoms with Crippen molar-refractivity contribution in [3.63, 3.8) is 0 Å². The highest BCUT2D eigenvalue weighted by Gasteiger charge is 2.39. The van der Waals surface area contributed by atoms with Crippen LogP contribution in [0.5, 0.6) is 23.0 Å². The Labute approximate surface area is 177 Å². The minimum absolute atomic E-state index is 0.0144. The fraction of sp³-hybridized carbons (Fsp3) is 0.435. The number of methoxy groups -OCH3 is 4. The molecule has 4 atom stereocenters. The fourth-order valence-corrected chi connectivity index (χ4v) is 4.28. The van der Waals surface area contributed by atoms with Crippen molar-refractivity contribution >= 4 is 5.71 Å². The Bertz CT molecular complexity index is 845. The van der Waals surface area contributed by atoms with Crippen LogP contribution >= 0.6 is 0 Å². The van der Waals surface area contributed by atoms with Crippen molar-refractivity contribution in [2.75, 3.05) is 28.4 Å². The molecule has 0 amide bonds. The molecule has 1 heterocycles. The molecule has 3 rings (SSSR count). The van der Waals surface area contributed by atoms with Crippen LogP contribution in [-0.2, 0) is 0 Å². The van der Waals surface area contributed by atoms with Crippen molar-refractivity contribution in [3.8, 4) is 23.0 Å². The van der Waals surface area contributed by atoms with Gasteiger partial charge in [0, 0.05) is 23.9 Å². The maximum atomic E-state index is 9.80. The van der Waals surface area contributed by atoms with Gasteiger partial charge in [-0.25, -0.2) is 0 Å². The van der Waals surface area contributed by atoms with Crippen LogP contribution in [0.1, 0.15) is 37.1 Å². The normalized spacial score (nSPS) is 25.1. The van der Waals surface area contributed by atoms with Gasteiger partial charge in [-0.3, -0.25) is 0 Å². The first-order valence-corrected chi connectivity index (χ1v) is 9.90. The Morgan fingerprint density at radius 2 is 1.10 bits per heavy atom. The van der Waals surface area contributed by atoms with E-state index in [1.165, 1.54) is 0 Å². The zero-order valence-electron chi connectivity index (χ0n) is 18.3. The lowest BCUT2D eigenvalue weighted by atomic mass is 9.75. The molecule has 0 unspecified atom stereocenters. The van der Waals surface area contributed by atoms with Crippen LogP contribution in [0, 0.1) is 11.8 Å². The number of piperidine rings is 1. The molecular formula is C23H30N2O5. The van der Waals surface area contributed by atoms with E-state index in [4.69, 9.17) is 18.9 Å². The van der Waals surface area contributed by atoms with Gasteiger partial charge < -0.3 is 29.5 Å². The standard InChI is InChI=1S/C23H30N2O5/c1-13-21(25-26)14(2)23(16-8-10-18(28-4)20(12-16)30-6)24-22(13)15-7-9-17(27-3)19(11-15)29-5/h7-14,22-24,26H,1-6H3/t13-,14-,22-,23+/m0/s1. The zero-order chi connectivity index (χ0) is 21.8. The second kappa shape index (κ2) is 9.26. The molecule has 1 fully saturated rings. The molecule has 2 aromatic carbocycles. The van der Waals surface area contributed by atoms with Gasteiger partial charge in [-0.1, -0.05) is 31.1 Å². The van der Waals surface area contributed by atoms with Crippen LogP contribution < -0.4 is 24.3 Å². The summed E-state index contributed by atoms with van der Waals surface area (Å²) in [4.78, 5) is 0. The Kier molecular flexibility index (Phi) is 6.72. The number of rotatable bonds is 6. The average molecular weight is 415 g/mol. The maximum absolute atomic E-state index is 9.80. The summed E-state index contributed by atoms with van der Waals surface area (Å²) in [5.74, 6) is 2.63. The quantitative estimate of drug-likeness (QED) is 0.544. The van der Waals surface area contributed by atoms with Gasteiger partial charge in [-0.15, -0.1) is 0 Å². The number of nitrogens with zero attached hydrogens (tertiary/aromatic N) is 1. The number of benzene rings is 2. The molecule has 1 aliphatic rings. The minimum Gasteiger partial charge on any atom is -0.493 e. The SMILES string of the molecule is COc1ccc([C@H]2N[C@@H](c3ccc(OC)c(OC)c3)[C@@H](C)C(=NO)[C@@H]2C)cc1OC. The number of hydrogen-bond donors (Lipinski definition) is 2. The van der Waals surface area contributed by atoms with Crippen molar-refractivity contribution in [2.24, 2.45) is 17.0 Å². The first kappa shape index (κ1) is 21.8. The van der Waals surface area contributed by atoms with Crippen molar-refractivity contribution in [1.29, 1.82) is 0 Å². The Morgan fingerprint density at radius 1 is 0.700 bits per heavy atom.